The molecule has 110 valence electrons. The molecule has 0 amide bonds. The van der Waals surface area contributed by atoms with Gasteiger partial charge in [0.05, 0.1) is 0 Å². The molecule has 0 aliphatic heterocycles. The van der Waals surface area contributed by atoms with E-state index in [-0.39, 0.29) is 0 Å². The van der Waals surface area contributed by atoms with Crippen LogP contribution in [0.4, 0.5) is 5.82 Å². The van der Waals surface area contributed by atoms with Crippen molar-refractivity contribution in [1.82, 2.24) is 9.97 Å². The molecule has 2 aromatic rings. The molecule has 0 bridgehead atoms. The molecular weight excluding hydrogens is 302 g/mol. The highest BCUT2D eigenvalue weighted by atomic mass is 35.5. The van der Waals surface area contributed by atoms with Crippen molar-refractivity contribution in [2.24, 2.45) is 0 Å². The van der Waals surface area contributed by atoms with Gasteiger partial charge >= 0.3 is 0 Å². The van der Waals surface area contributed by atoms with Crippen LogP contribution in [-0.2, 0) is 0 Å². The Bertz CT molecular complexity index is 639. The van der Waals surface area contributed by atoms with Crippen molar-refractivity contribution in [3.63, 3.8) is 0 Å². The van der Waals surface area contributed by atoms with E-state index >= 15 is 0 Å². The van der Waals surface area contributed by atoms with E-state index in [4.69, 9.17) is 16.6 Å². The average molecular weight is 320 g/mol. The van der Waals surface area contributed by atoms with E-state index in [1.54, 1.807) is 11.8 Å². The van der Waals surface area contributed by atoms with Crippen molar-refractivity contribution in [1.29, 1.82) is 0 Å². The van der Waals surface area contributed by atoms with Gasteiger partial charge in [0, 0.05) is 27.9 Å². The summed E-state index contributed by atoms with van der Waals surface area (Å²) in [7, 11) is 0. The first-order valence-corrected chi connectivity index (χ1v) is 8.42. The molecule has 3 rings (SSSR count). The molecule has 1 aromatic heterocycles. The second-order valence-corrected chi connectivity index (χ2v) is 6.72. The Morgan fingerprint density at radius 1 is 1.24 bits per heavy atom. The summed E-state index contributed by atoms with van der Waals surface area (Å²) in [5, 5.41) is 5.14. The molecule has 1 N–H and O–H groups in total. The predicted molar refractivity (Wildman–Crippen MR) is 88.5 cm³/mol. The zero-order chi connectivity index (χ0) is 14.8. The number of rotatable bonds is 5. The molecule has 1 heterocycles. The van der Waals surface area contributed by atoms with Gasteiger partial charge in [0.2, 0.25) is 0 Å². The molecular formula is C16H18ClN3S. The normalized spacial score (nSPS) is 14.2. The minimum atomic E-state index is 0.549. The summed E-state index contributed by atoms with van der Waals surface area (Å²) >= 11 is 7.62. The van der Waals surface area contributed by atoms with E-state index in [1.165, 1.54) is 12.8 Å². The highest BCUT2D eigenvalue weighted by molar-refractivity contribution is 7.99. The maximum absolute atomic E-state index is 5.94. The van der Waals surface area contributed by atoms with E-state index in [2.05, 4.69) is 24.1 Å². The fourth-order valence-corrected chi connectivity index (χ4v) is 3.10. The van der Waals surface area contributed by atoms with Gasteiger partial charge < -0.3 is 5.32 Å². The first kappa shape index (κ1) is 14.7. The van der Waals surface area contributed by atoms with Gasteiger partial charge in [-0.1, -0.05) is 23.4 Å². The van der Waals surface area contributed by atoms with E-state index in [9.17, 15) is 0 Å². The number of anilines is 1. The van der Waals surface area contributed by atoms with Crippen LogP contribution in [0.15, 0.2) is 34.2 Å². The third kappa shape index (κ3) is 3.50. The van der Waals surface area contributed by atoms with Crippen molar-refractivity contribution in [2.75, 3.05) is 11.9 Å². The van der Waals surface area contributed by atoms with Crippen LogP contribution < -0.4 is 5.32 Å². The quantitative estimate of drug-likeness (QED) is 0.795. The van der Waals surface area contributed by atoms with E-state index < -0.39 is 0 Å². The van der Waals surface area contributed by atoms with Gasteiger partial charge in [0.1, 0.15) is 16.7 Å². The van der Waals surface area contributed by atoms with Crippen LogP contribution in [0, 0.1) is 6.92 Å². The van der Waals surface area contributed by atoms with Gasteiger partial charge in [-0.05, 0) is 51.0 Å². The molecule has 1 aromatic carbocycles. The second kappa shape index (κ2) is 6.24. The van der Waals surface area contributed by atoms with Gasteiger partial charge in [-0.3, -0.25) is 0 Å². The lowest BCUT2D eigenvalue weighted by Gasteiger charge is -2.12. The standard InChI is InChI=1S/C16H18ClN3S/c1-3-18-14-10(2)16(20-15(19-14)11-4-5-11)21-13-8-6-12(17)7-9-13/h6-9,11H,3-5H2,1-2H3,(H,18,19,20). The summed E-state index contributed by atoms with van der Waals surface area (Å²) in [5.74, 6) is 2.49. The maximum Gasteiger partial charge on any atom is 0.135 e. The van der Waals surface area contributed by atoms with E-state index in [0.29, 0.717) is 5.92 Å². The van der Waals surface area contributed by atoms with Gasteiger partial charge in [0.15, 0.2) is 0 Å². The summed E-state index contributed by atoms with van der Waals surface area (Å²) < 4.78 is 0. The maximum atomic E-state index is 5.94. The lowest BCUT2D eigenvalue weighted by atomic mass is 10.3. The van der Waals surface area contributed by atoms with Gasteiger partial charge in [-0.15, -0.1) is 0 Å². The van der Waals surface area contributed by atoms with E-state index in [1.807, 2.05) is 24.3 Å². The number of hydrogen-bond donors (Lipinski definition) is 1. The summed E-state index contributed by atoms with van der Waals surface area (Å²) in [6.07, 6.45) is 2.42. The predicted octanol–water partition coefficient (Wildman–Crippen LogP) is 4.90. The zero-order valence-electron chi connectivity index (χ0n) is 12.2. The fraction of sp³-hybridized carbons (Fsp3) is 0.375. The minimum absolute atomic E-state index is 0.549. The zero-order valence-corrected chi connectivity index (χ0v) is 13.8. The first-order chi connectivity index (χ1) is 10.2. The molecule has 0 saturated heterocycles. The summed E-state index contributed by atoms with van der Waals surface area (Å²) in [6.45, 7) is 5.03. The number of halogens is 1. The fourth-order valence-electron chi connectivity index (χ4n) is 2.09. The lowest BCUT2D eigenvalue weighted by molar-refractivity contribution is 0.861. The van der Waals surface area contributed by atoms with Gasteiger partial charge in [-0.2, -0.15) is 0 Å². The molecule has 5 heteroatoms. The molecule has 1 saturated carbocycles. The average Bonchev–Trinajstić information content (AvgIpc) is 3.30. The molecule has 1 aliphatic carbocycles. The van der Waals surface area contributed by atoms with Gasteiger partial charge in [-0.25, -0.2) is 9.97 Å². The van der Waals surface area contributed by atoms with Crippen LogP contribution in [0.2, 0.25) is 5.02 Å². The molecule has 0 spiro atoms. The smallest absolute Gasteiger partial charge is 0.135 e. The van der Waals surface area contributed by atoms with Crippen molar-refractivity contribution < 1.29 is 0 Å². The summed E-state index contributed by atoms with van der Waals surface area (Å²) in [4.78, 5) is 10.6. The van der Waals surface area contributed by atoms with Crippen molar-refractivity contribution >= 4 is 29.2 Å². The van der Waals surface area contributed by atoms with Crippen molar-refractivity contribution in [3.05, 3.63) is 40.7 Å². The molecule has 0 atom stereocenters. The number of aromatic nitrogens is 2. The number of nitrogens with zero attached hydrogens (tertiary/aromatic N) is 2. The monoisotopic (exact) mass is 319 g/mol. The first-order valence-electron chi connectivity index (χ1n) is 7.23. The molecule has 0 radical (unpaired) electrons. The minimum Gasteiger partial charge on any atom is -0.370 e. The SMILES string of the molecule is CCNc1nc(C2CC2)nc(Sc2ccc(Cl)cc2)c1C. The Balaban J connectivity index is 1.93. The Labute approximate surface area is 134 Å². The highest BCUT2D eigenvalue weighted by Crippen LogP contribution is 2.41. The Hall–Kier alpha value is -1.26. The third-order valence-electron chi connectivity index (χ3n) is 3.43. The third-order valence-corrected chi connectivity index (χ3v) is 4.78. The number of nitrogens with one attached hydrogen (secondary N) is 1. The number of hydrogen-bond acceptors (Lipinski definition) is 4. The van der Waals surface area contributed by atoms with Crippen LogP contribution in [-0.4, -0.2) is 16.5 Å². The largest absolute Gasteiger partial charge is 0.370 e. The summed E-state index contributed by atoms with van der Waals surface area (Å²) in [5.41, 5.74) is 1.11. The molecule has 1 aliphatic rings. The second-order valence-electron chi connectivity index (χ2n) is 5.22. The number of benzene rings is 1. The van der Waals surface area contributed by atoms with Crippen LogP contribution in [0.1, 0.15) is 37.1 Å². The van der Waals surface area contributed by atoms with E-state index in [0.717, 1.165) is 38.7 Å². The van der Waals surface area contributed by atoms with Gasteiger partial charge in [0.25, 0.3) is 0 Å². The topological polar surface area (TPSA) is 37.8 Å². The molecule has 1 fully saturated rings. The molecule has 0 unspecified atom stereocenters. The lowest BCUT2D eigenvalue weighted by Crippen LogP contribution is -2.07. The van der Waals surface area contributed by atoms with Crippen LogP contribution >= 0.6 is 23.4 Å². The Kier molecular flexibility index (Phi) is 4.36. The van der Waals surface area contributed by atoms with Crippen LogP contribution in [0.5, 0.6) is 0 Å². The Morgan fingerprint density at radius 2 is 1.95 bits per heavy atom. The molecule has 3 nitrogen and oxygen atoms in total. The molecule has 21 heavy (non-hydrogen) atoms. The van der Waals surface area contributed by atoms with Crippen LogP contribution in [0.3, 0.4) is 0 Å². The van der Waals surface area contributed by atoms with Crippen molar-refractivity contribution in [3.8, 4) is 0 Å². The van der Waals surface area contributed by atoms with Crippen molar-refractivity contribution in [2.45, 2.75) is 42.5 Å². The van der Waals surface area contributed by atoms with Crippen LogP contribution in [0.25, 0.3) is 0 Å². The Morgan fingerprint density at radius 3 is 2.57 bits per heavy atom. The highest BCUT2D eigenvalue weighted by Gasteiger charge is 2.28. The summed E-state index contributed by atoms with van der Waals surface area (Å²) in [6, 6.07) is 7.87.